The fourth-order valence-electron chi connectivity index (χ4n) is 1.66. The number of imide groups is 1. The maximum absolute atomic E-state index is 11.6. The average molecular weight is 319 g/mol. The number of amides is 3. The van der Waals surface area contributed by atoms with Gasteiger partial charge in [-0.05, 0) is 18.2 Å². The maximum Gasteiger partial charge on any atom is 0.321 e. The summed E-state index contributed by atoms with van der Waals surface area (Å²) in [4.78, 5) is 33.2. The molecular weight excluding hydrogens is 306 g/mol. The Hall–Kier alpha value is -3.36. The first-order chi connectivity index (χ1) is 11.1. The van der Waals surface area contributed by atoms with Crippen LogP contribution in [0.1, 0.15) is 5.76 Å². The third-order valence-electron chi connectivity index (χ3n) is 2.68. The molecule has 23 heavy (non-hydrogen) atoms. The standard InChI is InChI=1S/C14H13N3O6/c18-13(16-14(19)15-8-10-4-3-7-22-10)9-23-12-6-2-1-5-11(12)17(20)21/h1-7H,8-9H2,(H2,15,16,18,19). The van der Waals surface area contributed by atoms with Crippen molar-refractivity contribution in [1.82, 2.24) is 10.6 Å². The summed E-state index contributed by atoms with van der Waals surface area (Å²) in [7, 11) is 0. The Labute approximate surface area is 130 Å². The molecule has 0 aliphatic heterocycles. The second-order valence-electron chi connectivity index (χ2n) is 4.32. The van der Waals surface area contributed by atoms with Crippen molar-refractivity contribution in [3.63, 3.8) is 0 Å². The van der Waals surface area contributed by atoms with Gasteiger partial charge in [-0.15, -0.1) is 0 Å². The van der Waals surface area contributed by atoms with Gasteiger partial charge in [0.2, 0.25) is 0 Å². The van der Waals surface area contributed by atoms with Gasteiger partial charge in [0.05, 0.1) is 17.7 Å². The Bertz CT molecular complexity index is 698. The first-order valence-electron chi connectivity index (χ1n) is 6.52. The number of furan rings is 1. The molecule has 0 atom stereocenters. The molecular formula is C14H13N3O6. The van der Waals surface area contributed by atoms with E-state index in [-0.39, 0.29) is 18.0 Å². The molecule has 0 bridgehead atoms. The second-order valence-corrected chi connectivity index (χ2v) is 4.32. The number of para-hydroxylation sites is 2. The molecule has 9 heteroatoms. The predicted octanol–water partition coefficient (Wildman–Crippen LogP) is 1.59. The summed E-state index contributed by atoms with van der Waals surface area (Å²) in [5.74, 6) is -0.257. The summed E-state index contributed by atoms with van der Waals surface area (Å²) in [6.07, 6.45) is 1.46. The van der Waals surface area contributed by atoms with Crippen LogP contribution in [0.5, 0.6) is 5.75 Å². The summed E-state index contributed by atoms with van der Waals surface area (Å²) in [6, 6.07) is 8.24. The molecule has 2 rings (SSSR count). The minimum Gasteiger partial charge on any atom is -0.477 e. The van der Waals surface area contributed by atoms with E-state index in [2.05, 4.69) is 5.32 Å². The van der Waals surface area contributed by atoms with Crippen LogP contribution in [0.25, 0.3) is 0 Å². The Kier molecular flexibility index (Phi) is 5.29. The first kappa shape index (κ1) is 16.0. The van der Waals surface area contributed by atoms with E-state index in [1.807, 2.05) is 5.32 Å². The van der Waals surface area contributed by atoms with E-state index in [4.69, 9.17) is 9.15 Å². The zero-order valence-electron chi connectivity index (χ0n) is 11.9. The molecule has 0 unspecified atom stereocenters. The topological polar surface area (TPSA) is 124 Å². The zero-order chi connectivity index (χ0) is 16.7. The summed E-state index contributed by atoms with van der Waals surface area (Å²) >= 11 is 0. The monoisotopic (exact) mass is 319 g/mol. The highest BCUT2D eigenvalue weighted by Gasteiger charge is 2.15. The number of urea groups is 1. The normalized spacial score (nSPS) is 9.91. The Balaban J connectivity index is 1.79. The van der Waals surface area contributed by atoms with Gasteiger partial charge in [-0.2, -0.15) is 0 Å². The summed E-state index contributed by atoms with van der Waals surface area (Å²) in [5.41, 5.74) is -0.262. The van der Waals surface area contributed by atoms with Crippen LogP contribution in [0.15, 0.2) is 47.1 Å². The number of nitro benzene ring substituents is 1. The molecule has 1 aromatic carbocycles. The van der Waals surface area contributed by atoms with Gasteiger partial charge in [0.1, 0.15) is 5.76 Å². The second kappa shape index (κ2) is 7.59. The van der Waals surface area contributed by atoms with Crippen molar-refractivity contribution in [1.29, 1.82) is 0 Å². The van der Waals surface area contributed by atoms with Crippen LogP contribution in [0.3, 0.4) is 0 Å². The quantitative estimate of drug-likeness (QED) is 0.615. The molecule has 120 valence electrons. The van der Waals surface area contributed by atoms with Crippen LogP contribution in [0.4, 0.5) is 10.5 Å². The highest BCUT2D eigenvalue weighted by atomic mass is 16.6. The van der Waals surface area contributed by atoms with E-state index in [1.54, 1.807) is 12.1 Å². The molecule has 0 spiro atoms. The van der Waals surface area contributed by atoms with E-state index in [0.29, 0.717) is 5.76 Å². The lowest BCUT2D eigenvalue weighted by molar-refractivity contribution is -0.385. The number of hydrogen-bond donors (Lipinski definition) is 2. The molecule has 0 aliphatic rings. The lowest BCUT2D eigenvalue weighted by Gasteiger charge is -2.07. The predicted molar refractivity (Wildman–Crippen MR) is 77.7 cm³/mol. The first-order valence-corrected chi connectivity index (χ1v) is 6.52. The number of nitrogens with zero attached hydrogens (tertiary/aromatic N) is 1. The number of nitro groups is 1. The summed E-state index contributed by atoms with van der Waals surface area (Å²) in [6.45, 7) is -0.407. The van der Waals surface area contributed by atoms with Gasteiger partial charge in [0.25, 0.3) is 5.91 Å². The highest BCUT2D eigenvalue weighted by Crippen LogP contribution is 2.25. The molecule has 1 heterocycles. The van der Waals surface area contributed by atoms with E-state index in [0.717, 1.165) is 0 Å². The third-order valence-corrected chi connectivity index (χ3v) is 2.68. The maximum atomic E-state index is 11.6. The van der Waals surface area contributed by atoms with Crippen molar-refractivity contribution < 1.29 is 23.7 Å². The molecule has 2 aromatic rings. The fourth-order valence-corrected chi connectivity index (χ4v) is 1.66. The third kappa shape index (κ3) is 4.84. The summed E-state index contributed by atoms with van der Waals surface area (Å²) in [5, 5.41) is 15.2. The van der Waals surface area contributed by atoms with Crippen LogP contribution in [-0.4, -0.2) is 23.5 Å². The molecule has 0 fully saturated rings. The van der Waals surface area contributed by atoms with E-state index < -0.39 is 23.5 Å². The summed E-state index contributed by atoms with van der Waals surface area (Å²) < 4.78 is 10.1. The lowest BCUT2D eigenvalue weighted by Crippen LogP contribution is -2.41. The number of hydrogen-bond acceptors (Lipinski definition) is 6. The Morgan fingerprint density at radius 2 is 2.00 bits per heavy atom. The number of rotatable bonds is 6. The minimum atomic E-state index is -0.736. The molecule has 1 aromatic heterocycles. The van der Waals surface area contributed by atoms with Crippen molar-refractivity contribution in [2.45, 2.75) is 6.54 Å². The number of carbonyl (C=O) groups is 2. The van der Waals surface area contributed by atoms with E-state index in [9.17, 15) is 19.7 Å². The lowest BCUT2D eigenvalue weighted by atomic mass is 10.3. The SMILES string of the molecule is O=C(COc1ccccc1[N+](=O)[O-])NC(=O)NCc1ccco1. The van der Waals surface area contributed by atoms with Gasteiger partial charge in [0, 0.05) is 6.07 Å². The molecule has 0 aliphatic carbocycles. The van der Waals surface area contributed by atoms with Gasteiger partial charge in [-0.1, -0.05) is 12.1 Å². The Morgan fingerprint density at radius 1 is 1.22 bits per heavy atom. The average Bonchev–Trinajstić information content (AvgIpc) is 3.04. The van der Waals surface area contributed by atoms with Crippen molar-refractivity contribution in [3.05, 3.63) is 58.5 Å². The van der Waals surface area contributed by atoms with Gasteiger partial charge in [0.15, 0.2) is 12.4 Å². The molecule has 0 saturated heterocycles. The number of benzene rings is 1. The van der Waals surface area contributed by atoms with Gasteiger partial charge in [-0.3, -0.25) is 20.2 Å². The van der Waals surface area contributed by atoms with Crippen LogP contribution in [0, 0.1) is 10.1 Å². The Morgan fingerprint density at radius 3 is 2.70 bits per heavy atom. The zero-order valence-corrected chi connectivity index (χ0v) is 11.9. The number of nitrogens with one attached hydrogen (secondary N) is 2. The van der Waals surface area contributed by atoms with Crippen molar-refractivity contribution in [2.24, 2.45) is 0 Å². The van der Waals surface area contributed by atoms with Gasteiger partial charge in [-0.25, -0.2) is 4.79 Å². The van der Waals surface area contributed by atoms with Crippen LogP contribution < -0.4 is 15.4 Å². The molecule has 3 amide bonds. The smallest absolute Gasteiger partial charge is 0.321 e. The molecule has 2 N–H and O–H groups in total. The van der Waals surface area contributed by atoms with Crippen LogP contribution in [0.2, 0.25) is 0 Å². The van der Waals surface area contributed by atoms with Crippen LogP contribution in [-0.2, 0) is 11.3 Å². The number of ether oxygens (including phenoxy) is 1. The van der Waals surface area contributed by atoms with Crippen molar-refractivity contribution in [2.75, 3.05) is 6.61 Å². The van der Waals surface area contributed by atoms with Crippen molar-refractivity contribution in [3.8, 4) is 5.75 Å². The van der Waals surface area contributed by atoms with Crippen molar-refractivity contribution >= 4 is 17.6 Å². The fraction of sp³-hybridized carbons (Fsp3) is 0.143. The minimum absolute atomic E-state index is 0.0522. The number of carbonyl (C=O) groups excluding carboxylic acids is 2. The van der Waals surface area contributed by atoms with Gasteiger partial charge >= 0.3 is 11.7 Å². The highest BCUT2D eigenvalue weighted by molar-refractivity contribution is 5.94. The van der Waals surface area contributed by atoms with Gasteiger partial charge < -0.3 is 14.5 Å². The van der Waals surface area contributed by atoms with E-state index >= 15 is 0 Å². The van der Waals surface area contributed by atoms with Crippen LogP contribution >= 0.6 is 0 Å². The molecule has 0 saturated carbocycles. The van der Waals surface area contributed by atoms with E-state index in [1.165, 1.54) is 30.5 Å². The largest absolute Gasteiger partial charge is 0.477 e. The molecule has 0 radical (unpaired) electrons. The molecule has 9 nitrogen and oxygen atoms in total.